The van der Waals surface area contributed by atoms with Crippen LogP contribution in [0, 0.1) is 11.8 Å². The van der Waals surface area contributed by atoms with Crippen LogP contribution in [0.3, 0.4) is 0 Å². The molecule has 1 aromatic rings. The van der Waals surface area contributed by atoms with Gasteiger partial charge in [0.05, 0.1) is 11.8 Å². The number of fused-ring (bicyclic) bond motifs is 2. The predicted molar refractivity (Wildman–Crippen MR) is 91.6 cm³/mol. The van der Waals surface area contributed by atoms with Gasteiger partial charge in [-0.2, -0.15) is 9.78 Å². The largest absolute Gasteiger partial charge is 0.393 e. The molecule has 2 heterocycles. The van der Waals surface area contributed by atoms with Crippen LogP contribution in [0.4, 0.5) is 5.82 Å². The molecular weight excluding hydrogens is 304 g/mol. The number of allylic oxidation sites excluding steroid dienone is 2. The fraction of sp³-hybridized carbons (Fsp3) is 0.556. The third kappa shape index (κ3) is 2.41. The van der Waals surface area contributed by atoms with Crippen LogP contribution in [0.1, 0.15) is 35.8 Å². The van der Waals surface area contributed by atoms with Gasteiger partial charge in [-0.1, -0.05) is 23.8 Å². The van der Waals surface area contributed by atoms with Crippen molar-refractivity contribution >= 4 is 11.7 Å². The maximum atomic E-state index is 13.2. The first-order valence-electron chi connectivity index (χ1n) is 8.73. The van der Waals surface area contributed by atoms with Crippen LogP contribution in [0.25, 0.3) is 0 Å². The second-order valence-corrected chi connectivity index (χ2v) is 7.16. The number of rotatable bonds is 1. The third-order valence-corrected chi connectivity index (χ3v) is 5.64. The minimum Gasteiger partial charge on any atom is -0.393 e. The van der Waals surface area contributed by atoms with E-state index in [9.17, 15) is 9.90 Å². The average Bonchev–Trinajstić information content (AvgIpc) is 2.90. The van der Waals surface area contributed by atoms with Crippen LogP contribution < -0.4 is 11.1 Å². The molecule has 128 valence electrons. The van der Waals surface area contributed by atoms with Gasteiger partial charge in [0.2, 0.25) is 0 Å². The molecule has 4 atom stereocenters. The van der Waals surface area contributed by atoms with E-state index in [-0.39, 0.29) is 29.9 Å². The molecule has 1 fully saturated rings. The van der Waals surface area contributed by atoms with Crippen LogP contribution in [0.15, 0.2) is 23.8 Å². The maximum absolute atomic E-state index is 13.2. The van der Waals surface area contributed by atoms with Crippen LogP contribution >= 0.6 is 0 Å². The predicted octanol–water partition coefficient (Wildman–Crippen LogP) is 1.07. The molecule has 6 nitrogen and oxygen atoms in total. The number of hydrogen-bond donors (Lipinski definition) is 3. The van der Waals surface area contributed by atoms with Crippen molar-refractivity contribution in [2.75, 3.05) is 12.3 Å². The summed E-state index contributed by atoms with van der Waals surface area (Å²) in [5.41, 5.74) is 9.20. The number of aliphatic hydroxyl groups excluding tert-OH is 1. The van der Waals surface area contributed by atoms with E-state index in [4.69, 9.17) is 5.73 Å². The van der Waals surface area contributed by atoms with Crippen LogP contribution in [-0.2, 0) is 12.8 Å². The topological polar surface area (TPSA) is 93.2 Å². The van der Waals surface area contributed by atoms with Crippen molar-refractivity contribution in [2.45, 2.75) is 44.8 Å². The third-order valence-electron chi connectivity index (χ3n) is 5.64. The van der Waals surface area contributed by atoms with Crippen LogP contribution in [0.2, 0.25) is 0 Å². The summed E-state index contributed by atoms with van der Waals surface area (Å²) in [5.74, 6) is 0.462. The molecule has 24 heavy (non-hydrogen) atoms. The zero-order valence-electron chi connectivity index (χ0n) is 13.9. The Morgan fingerprint density at radius 3 is 3.12 bits per heavy atom. The summed E-state index contributed by atoms with van der Waals surface area (Å²) in [6, 6.07) is 0.214. The first-order chi connectivity index (χ1) is 11.6. The number of piperidine rings is 1. The van der Waals surface area contributed by atoms with Crippen LogP contribution in [-0.4, -0.2) is 39.5 Å². The minimum atomic E-state index is -0.382. The molecule has 3 aliphatic rings. The Kier molecular flexibility index (Phi) is 3.81. The van der Waals surface area contributed by atoms with Gasteiger partial charge in [0.1, 0.15) is 5.82 Å². The van der Waals surface area contributed by atoms with E-state index in [1.165, 1.54) is 10.3 Å². The fourth-order valence-electron chi connectivity index (χ4n) is 4.30. The van der Waals surface area contributed by atoms with Crippen LogP contribution in [0.5, 0.6) is 0 Å². The van der Waals surface area contributed by atoms with E-state index in [2.05, 4.69) is 29.5 Å². The minimum absolute atomic E-state index is 0.0211. The lowest BCUT2D eigenvalue weighted by Gasteiger charge is -2.38. The van der Waals surface area contributed by atoms with E-state index in [0.29, 0.717) is 25.1 Å². The van der Waals surface area contributed by atoms with Gasteiger partial charge < -0.3 is 16.2 Å². The Labute approximate surface area is 141 Å². The molecule has 4 unspecified atom stereocenters. The molecule has 0 aromatic carbocycles. The Balaban J connectivity index is 1.64. The number of nitrogens with one attached hydrogen (secondary N) is 1. The Morgan fingerprint density at radius 2 is 2.29 bits per heavy atom. The highest BCUT2D eigenvalue weighted by Gasteiger charge is 2.39. The monoisotopic (exact) mass is 328 g/mol. The average molecular weight is 328 g/mol. The maximum Gasteiger partial charge on any atom is 0.252 e. The molecule has 4 rings (SSSR count). The van der Waals surface area contributed by atoms with E-state index in [1.54, 1.807) is 0 Å². The van der Waals surface area contributed by atoms with Gasteiger partial charge in [-0.15, -0.1) is 0 Å². The number of aromatic nitrogens is 2. The summed E-state index contributed by atoms with van der Waals surface area (Å²) in [4.78, 5) is 13.2. The molecule has 1 saturated heterocycles. The Bertz CT molecular complexity index is 734. The number of nitrogens with two attached hydrogens (primary N) is 1. The molecule has 1 aliphatic heterocycles. The summed E-state index contributed by atoms with van der Waals surface area (Å²) in [5, 5.41) is 17.8. The number of aliphatic hydroxyl groups is 1. The quantitative estimate of drug-likeness (QED) is 0.717. The number of anilines is 1. The highest BCUT2D eigenvalue weighted by molar-refractivity contribution is 5.85. The lowest BCUT2D eigenvalue weighted by molar-refractivity contribution is 0.0736. The molecule has 0 spiro atoms. The van der Waals surface area contributed by atoms with Gasteiger partial charge in [-0.25, -0.2) is 0 Å². The van der Waals surface area contributed by atoms with E-state index >= 15 is 0 Å². The van der Waals surface area contributed by atoms with E-state index in [1.807, 2.05) is 6.08 Å². The molecule has 2 aliphatic carbocycles. The normalized spacial score (nSPS) is 32.0. The van der Waals surface area contributed by atoms with Gasteiger partial charge in [-0.05, 0) is 32.7 Å². The molecule has 0 amide bonds. The lowest BCUT2D eigenvalue weighted by Crippen LogP contribution is -2.50. The number of nitrogen functional groups attached to an aromatic ring is 1. The summed E-state index contributed by atoms with van der Waals surface area (Å²) in [6.07, 6.45) is 8.52. The summed E-state index contributed by atoms with van der Waals surface area (Å²) >= 11 is 0. The fourth-order valence-corrected chi connectivity index (χ4v) is 4.30. The van der Waals surface area contributed by atoms with Crippen molar-refractivity contribution in [1.29, 1.82) is 0 Å². The van der Waals surface area contributed by atoms with Gasteiger partial charge in [0.25, 0.3) is 5.91 Å². The second-order valence-electron chi connectivity index (χ2n) is 7.16. The first-order valence-corrected chi connectivity index (χ1v) is 8.73. The van der Waals surface area contributed by atoms with Crippen molar-refractivity contribution < 1.29 is 9.90 Å². The standard InChI is InChI=1S/C18H24N4O2/c1-10-3-2-4-12-13(7-8-20-16(10)12)18(24)22-17(19)14-6-5-11(23)9-15(14)21-22/h2-4,11-13,16,20,23H,5-9,19H2,1H3. The molecule has 0 radical (unpaired) electrons. The lowest BCUT2D eigenvalue weighted by atomic mass is 9.75. The van der Waals surface area contributed by atoms with E-state index in [0.717, 1.165) is 24.2 Å². The SMILES string of the molecule is CC1=CC=CC2C(C(=O)n3nc4c(c3N)CCC(O)C4)CCNC12. The number of hydrogen-bond acceptors (Lipinski definition) is 5. The van der Waals surface area contributed by atoms with Crippen molar-refractivity contribution in [3.63, 3.8) is 0 Å². The molecule has 1 aromatic heterocycles. The highest BCUT2D eigenvalue weighted by atomic mass is 16.3. The first kappa shape index (κ1) is 15.6. The second kappa shape index (κ2) is 5.86. The number of carbonyl (C=O) groups excluding carboxylic acids is 1. The summed E-state index contributed by atoms with van der Waals surface area (Å²) in [7, 11) is 0. The zero-order valence-corrected chi connectivity index (χ0v) is 13.9. The number of nitrogens with zero attached hydrogens (tertiary/aromatic N) is 2. The highest BCUT2D eigenvalue weighted by Crippen LogP contribution is 2.34. The van der Waals surface area contributed by atoms with Gasteiger partial charge in [0.15, 0.2) is 0 Å². The molecule has 6 heteroatoms. The van der Waals surface area contributed by atoms with Gasteiger partial charge in [-0.3, -0.25) is 4.79 Å². The van der Waals surface area contributed by atoms with Crippen molar-refractivity contribution in [3.05, 3.63) is 35.1 Å². The summed E-state index contributed by atoms with van der Waals surface area (Å²) in [6.45, 7) is 2.92. The summed E-state index contributed by atoms with van der Waals surface area (Å²) < 4.78 is 1.40. The van der Waals surface area contributed by atoms with E-state index < -0.39 is 0 Å². The molecule has 4 N–H and O–H groups in total. The Morgan fingerprint density at radius 1 is 1.46 bits per heavy atom. The number of carbonyl (C=O) groups is 1. The van der Waals surface area contributed by atoms with Crippen molar-refractivity contribution in [2.24, 2.45) is 11.8 Å². The van der Waals surface area contributed by atoms with Crippen molar-refractivity contribution in [3.8, 4) is 0 Å². The molecular formula is C18H24N4O2. The van der Waals surface area contributed by atoms with Gasteiger partial charge >= 0.3 is 0 Å². The zero-order chi connectivity index (χ0) is 16.8. The molecule has 0 saturated carbocycles. The smallest absolute Gasteiger partial charge is 0.252 e. The molecule has 0 bridgehead atoms. The Hall–Kier alpha value is -1.92. The van der Waals surface area contributed by atoms with Gasteiger partial charge in [0, 0.05) is 29.9 Å². The van der Waals surface area contributed by atoms with Crippen molar-refractivity contribution in [1.82, 2.24) is 15.1 Å².